The first-order valence-electron chi connectivity index (χ1n) is 10.6. The SMILES string of the molecule is COc1cc(N2CCNCC2)ccc1Nc1ncc(Cl)c(Nc2ccccc2N(C)S(=O)O)n1. The van der Waals surface area contributed by atoms with Gasteiger partial charge in [-0.15, -0.1) is 0 Å². The fourth-order valence-corrected chi connectivity index (χ4v) is 4.07. The van der Waals surface area contributed by atoms with Crippen molar-refractivity contribution in [1.29, 1.82) is 0 Å². The molecule has 0 spiro atoms. The largest absolute Gasteiger partial charge is 0.494 e. The lowest BCUT2D eigenvalue weighted by atomic mass is 10.2. The third kappa shape index (κ3) is 5.50. The molecule has 0 amide bonds. The number of methoxy groups -OCH3 is 1. The number of aromatic nitrogens is 2. The summed E-state index contributed by atoms with van der Waals surface area (Å²) < 4.78 is 27.8. The van der Waals surface area contributed by atoms with Gasteiger partial charge >= 0.3 is 0 Å². The summed E-state index contributed by atoms with van der Waals surface area (Å²) in [6.07, 6.45) is 1.48. The van der Waals surface area contributed by atoms with E-state index in [4.69, 9.17) is 16.3 Å². The van der Waals surface area contributed by atoms with Gasteiger partial charge in [0.2, 0.25) is 5.95 Å². The monoisotopic (exact) mass is 503 g/mol. The molecule has 1 saturated heterocycles. The summed E-state index contributed by atoms with van der Waals surface area (Å²) in [4.78, 5) is 11.1. The maximum atomic E-state index is 11.5. The van der Waals surface area contributed by atoms with Gasteiger partial charge in [-0.1, -0.05) is 23.7 Å². The van der Waals surface area contributed by atoms with Crippen LogP contribution in [0, 0.1) is 0 Å². The molecule has 2 aromatic carbocycles. The first-order chi connectivity index (χ1) is 16.5. The van der Waals surface area contributed by atoms with Crippen LogP contribution in [0.1, 0.15) is 0 Å². The highest BCUT2D eigenvalue weighted by Crippen LogP contribution is 2.34. The molecule has 180 valence electrons. The molecule has 0 aliphatic carbocycles. The zero-order valence-corrected chi connectivity index (χ0v) is 20.4. The minimum atomic E-state index is -2.18. The quantitative estimate of drug-likeness (QED) is 0.342. The second-order valence-corrected chi connectivity index (χ2v) is 8.92. The number of para-hydroxylation sites is 2. The Hall–Kier alpha value is -3.12. The Morgan fingerprint density at radius 2 is 1.94 bits per heavy atom. The molecule has 2 heterocycles. The number of nitrogens with zero attached hydrogens (tertiary/aromatic N) is 4. The number of piperazine rings is 1. The van der Waals surface area contributed by atoms with Gasteiger partial charge in [0.1, 0.15) is 10.8 Å². The molecule has 4 N–H and O–H groups in total. The highest BCUT2D eigenvalue weighted by atomic mass is 35.5. The zero-order chi connectivity index (χ0) is 24.1. The molecular weight excluding hydrogens is 478 g/mol. The van der Waals surface area contributed by atoms with Crippen LogP contribution in [0.15, 0.2) is 48.7 Å². The molecule has 10 nitrogen and oxygen atoms in total. The number of hydrogen-bond donors (Lipinski definition) is 4. The number of rotatable bonds is 8. The van der Waals surface area contributed by atoms with Gasteiger partial charge in [0.05, 0.1) is 30.4 Å². The number of benzene rings is 2. The summed E-state index contributed by atoms with van der Waals surface area (Å²) in [6.45, 7) is 3.77. The second-order valence-electron chi connectivity index (χ2n) is 7.51. The molecule has 1 fully saturated rings. The van der Waals surface area contributed by atoms with Crippen LogP contribution in [0.2, 0.25) is 5.02 Å². The van der Waals surface area contributed by atoms with Crippen molar-refractivity contribution in [3.63, 3.8) is 0 Å². The zero-order valence-electron chi connectivity index (χ0n) is 18.8. The smallest absolute Gasteiger partial charge is 0.261 e. The number of anilines is 6. The average molecular weight is 504 g/mol. The number of hydrogen-bond acceptors (Lipinski definition) is 8. The van der Waals surface area contributed by atoms with E-state index in [1.165, 1.54) is 17.5 Å². The minimum Gasteiger partial charge on any atom is -0.494 e. The van der Waals surface area contributed by atoms with E-state index in [9.17, 15) is 8.76 Å². The summed E-state index contributed by atoms with van der Waals surface area (Å²) in [6, 6.07) is 13.0. The molecule has 34 heavy (non-hydrogen) atoms. The Morgan fingerprint density at radius 1 is 1.18 bits per heavy atom. The highest BCUT2D eigenvalue weighted by molar-refractivity contribution is 7.80. The van der Waals surface area contributed by atoms with Crippen LogP contribution in [-0.4, -0.2) is 59.1 Å². The van der Waals surface area contributed by atoms with Crippen LogP contribution in [0.5, 0.6) is 5.75 Å². The van der Waals surface area contributed by atoms with Gasteiger partial charge in [0, 0.05) is 45.0 Å². The van der Waals surface area contributed by atoms with Crippen LogP contribution in [-0.2, 0) is 11.3 Å². The van der Waals surface area contributed by atoms with E-state index < -0.39 is 11.3 Å². The number of ether oxygens (including phenoxy) is 1. The minimum absolute atomic E-state index is 0.300. The Kier molecular flexibility index (Phi) is 7.68. The Balaban J connectivity index is 1.57. The van der Waals surface area contributed by atoms with Crippen LogP contribution < -0.4 is 29.9 Å². The molecule has 1 atom stereocenters. The first-order valence-corrected chi connectivity index (χ1v) is 12.0. The van der Waals surface area contributed by atoms with Crippen molar-refractivity contribution in [2.45, 2.75) is 0 Å². The van der Waals surface area contributed by atoms with Crippen molar-refractivity contribution < 1.29 is 13.5 Å². The van der Waals surface area contributed by atoms with Gasteiger partial charge in [0.25, 0.3) is 11.3 Å². The van der Waals surface area contributed by atoms with Crippen molar-refractivity contribution >= 4 is 57.4 Å². The number of halogens is 1. The first kappa shape index (κ1) is 24.0. The van der Waals surface area contributed by atoms with E-state index in [1.807, 2.05) is 18.2 Å². The predicted molar refractivity (Wildman–Crippen MR) is 137 cm³/mol. The molecule has 1 aliphatic heterocycles. The molecule has 0 radical (unpaired) electrons. The molecule has 1 aromatic heterocycles. The Morgan fingerprint density at radius 3 is 2.68 bits per heavy atom. The van der Waals surface area contributed by atoms with Gasteiger partial charge in [-0.3, -0.25) is 8.86 Å². The van der Waals surface area contributed by atoms with Crippen molar-refractivity contribution in [1.82, 2.24) is 15.3 Å². The molecule has 0 bridgehead atoms. The van der Waals surface area contributed by atoms with Crippen LogP contribution in [0.3, 0.4) is 0 Å². The lowest BCUT2D eigenvalue weighted by molar-refractivity contribution is 0.416. The normalized spacial score (nSPS) is 14.4. The van der Waals surface area contributed by atoms with Crippen LogP contribution in [0.4, 0.5) is 34.5 Å². The molecule has 4 rings (SSSR count). The van der Waals surface area contributed by atoms with Gasteiger partial charge in [0.15, 0.2) is 5.82 Å². The Labute approximate surface area is 205 Å². The fourth-order valence-electron chi connectivity index (χ4n) is 3.60. The van der Waals surface area contributed by atoms with E-state index in [0.29, 0.717) is 39.6 Å². The third-order valence-electron chi connectivity index (χ3n) is 5.39. The summed E-state index contributed by atoms with van der Waals surface area (Å²) in [5, 5.41) is 9.97. The van der Waals surface area contributed by atoms with Gasteiger partial charge in [-0.25, -0.2) is 9.19 Å². The van der Waals surface area contributed by atoms with E-state index >= 15 is 0 Å². The van der Waals surface area contributed by atoms with Crippen molar-refractivity contribution in [2.24, 2.45) is 0 Å². The molecular formula is C22H26ClN7O3S. The topological polar surface area (TPSA) is 115 Å². The fraction of sp³-hybridized carbons (Fsp3) is 0.273. The maximum Gasteiger partial charge on any atom is 0.261 e. The van der Waals surface area contributed by atoms with E-state index in [-0.39, 0.29) is 0 Å². The van der Waals surface area contributed by atoms with Gasteiger partial charge in [-0.05, 0) is 24.3 Å². The molecule has 3 aromatic rings. The summed E-state index contributed by atoms with van der Waals surface area (Å²) in [7, 11) is 3.14. The predicted octanol–water partition coefficient (Wildman–Crippen LogP) is 3.61. The maximum absolute atomic E-state index is 11.5. The summed E-state index contributed by atoms with van der Waals surface area (Å²) in [5.41, 5.74) is 2.88. The van der Waals surface area contributed by atoms with E-state index in [0.717, 1.165) is 31.9 Å². The molecule has 1 unspecified atom stereocenters. The van der Waals surface area contributed by atoms with Gasteiger partial charge in [-0.2, -0.15) is 4.98 Å². The lowest BCUT2D eigenvalue weighted by Crippen LogP contribution is -2.43. The standard InChI is InChI=1S/C22H26ClN7O3S/c1-29(34(31)32)19-6-4-3-5-17(19)26-21-16(23)14-25-22(28-21)27-18-8-7-15(13-20(18)33-2)30-11-9-24-10-12-30/h3-8,13-14,24H,9-12H2,1-2H3,(H,31,32)(H2,25,26,27,28). The van der Waals surface area contributed by atoms with E-state index in [1.54, 1.807) is 31.4 Å². The average Bonchev–Trinajstić information content (AvgIpc) is 2.86. The number of nitrogens with one attached hydrogen (secondary N) is 3. The molecule has 0 saturated carbocycles. The molecule has 12 heteroatoms. The molecule has 1 aliphatic rings. The van der Waals surface area contributed by atoms with Crippen molar-refractivity contribution in [3.8, 4) is 5.75 Å². The van der Waals surface area contributed by atoms with Crippen LogP contribution >= 0.6 is 11.6 Å². The van der Waals surface area contributed by atoms with Gasteiger partial charge < -0.3 is 25.6 Å². The van der Waals surface area contributed by atoms with Crippen LogP contribution in [0.25, 0.3) is 0 Å². The third-order valence-corrected chi connectivity index (χ3v) is 6.33. The second kappa shape index (κ2) is 10.9. The summed E-state index contributed by atoms with van der Waals surface area (Å²) >= 11 is 4.16. The highest BCUT2D eigenvalue weighted by Gasteiger charge is 2.16. The Bertz CT molecular complexity index is 1180. The van der Waals surface area contributed by atoms with Crippen molar-refractivity contribution in [2.75, 3.05) is 60.2 Å². The lowest BCUT2D eigenvalue weighted by Gasteiger charge is -2.30. The van der Waals surface area contributed by atoms with E-state index in [2.05, 4.69) is 30.8 Å². The van der Waals surface area contributed by atoms with Crippen molar-refractivity contribution in [3.05, 3.63) is 53.7 Å². The summed E-state index contributed by atoms with van der Waals surface area (Å²) in [5.74, 6) is 1.33.